The fourth-order valence-electron chi connectivity index (χ4n) is 2.80. The maximum atomic E-state index is 5.69. The van der Waals surface area contributed by atoms with Crippen LogP contribution in [-0.2, 0) is 0 Å². The van der Waals surface area contributed by atoms with E-state index in [4.69, 9.17) is 10.2 Å². The molecular weight excluding hydrogens is 238 g/mol. The van der Waals surface area contributed by atoms with Gasteiger partial charge in [0.1, 0.15) is 5.52 Å². The highest BCUT2D eigenvalue weighted by Crippen LogP contribution is 2.30. The lowest BCUT2D eigenvalue weighted by Crippen LogP contribution is -2.27. The van der Waals surface area contributed by atoms with E-state index in [1.165, 1.54) is 5.56 Å². The fraction of sp³-hybridized carbons (Fsp3) is 0.533. The Morgan fingerprint density at radius 3 is 2.74 bits per heavy atom. The van der Waals surface area contributed by atoms with E-state index in [1.807, 2.05) is 13.0 Å². The van der Waals surface area contributed by atoms with Crippen molar-refractivity contribution in [3.8, 4) is 0 Å². The highest BCUT2D eigenvalue weighted by atomic mass is 16.3. The third kappa shape index (κ3) is 2.96. The second kappa shape index (κ2) is 5.72. The Balaban J connectivity index is 2.38. The van der Waals surface area contributed by atoms with Crippen molar-refractivity contribution in [1.82, 2.24) is 9.88 Å². The Morgan fingerprint density at radius 1 is 1.37 bits per heavy atom. The number of rotatable bonds is 5. The van der Waals surface area contributed by atoms with E-state index in [2.05, 4.69) is 43.0 Å². The molecule has 0 saturated heterocycles. The van der Waals surface area contributed by atoms with Gasteiger partial charge in [-0.1, -0.05) is 13.0 Å². The van der Waals surface area contributed by atoms with Crippen molar-refractivity contribution >= 4 is 11.1 Å². The number of aromatic nitrogens is 1. The second-order valence-corrected chi connectivity index (χ2v) is 5.42. The third-order valence-corrected chi connectivity index (χ3v) is 3.58. The molecule has 1 aromatic heterocycles. The number of fused-ring (bicyclic) bond motifs is 1. The second-order valence-electron chi connectivity index (χ2n) is 5.42. The summed E-state index contributed by atoms with van der Waals surface area (Å²) in [4.78, 5) is 6.66. The molecule has 2 unspecified atom stereocenters. The first-order valence-electron chi connectivity index (χ1n) is 6.76. The molecule has 2 atom stereocenters. The first-order chi connectivity index (χ1) is 9.02. The minimum Gasteiger partial charge on any atom is -0.441 e. The van der Waals surface area contributed by atoms with Crippen LogP contribution < -0.4 is 5.73 Å². The molecule has 4 heteroatoms. The Kier molecular flexibility index (Phi) is 4.22. The molecule has 0 aliphatic heterocycles. The van der Waals surface area contributed by atoms with Gasteiger partial charge < -0.3 is 15.1 Å². The fourth-order valence-corrected chi connectivity index (χ4v) is 2.80. The Bertz CT molecular complexity index is 547. The molecular formula is C15H23N3O. The van der Waals surface area contributed by atoms with E-state index < -0.39 is 0 Å². The number of oxazole rings is 1. The molecule has 0 aliphatic carbocycles. The van der Waals surface area contributed by atoms with Crippen LogP contribution in [0.5, 0.6) is 0 Å². The molecule has 1 aromatic carbocycles. The van der Waals surface area contributed by atoms with E-state index in [-0.39, 0.29) is 0 Å². The summed E-state index contributed by atoms with van der Waals surface area (Å²) in [6.07, 6.45) is 1.01. The van der Waals surface area contributed by atoms with Crippen molar-refractivity contribution in [3.63, 3.8) is 0 Å². The van der Waals surface area contributed by atoms with Crippen LogP contribution in [0, 0.1) is 12.8 Å². The predicted octanol–water partition coefficient (Wildman–Crippen LogP) is 2.72. The minimum absolute atomic E-state index is 0.352. The quantitative estimate of drug-likeness (QED) is 0.899. The van der Waals surface area contributed by atoms with Crippen LogP contribution in [0.3, 0.4) is 0 Å². The summed E-state index contributed by atoms with van der Waals surface area (Å²) in [5.74, 6) is 1.22. The zero-order valence-corrected chi connectivity index (χ0v) is 12.2. The number of nitrogens with zero attached hydrogens (tertiary/aromatic N) is 2. The molecule has 19 heavy (non-hydrogen) atoms. The average molecular weight is 261 g/mol. The number of hydrogen-bond acceptors (Lipinski definition) is 4. The summed E-state index contributed by atoms with van der Waals surface area (Å²) < 4.78 is 5.53. The van der Waals surface area contributed by atoms with Crippen LogP contribution in [0.1, 0.15) is 30.8 Å². The lowest BCUT2D eigenvalue weighted by Gasteiger charge is -2.30. The van der Waals surface area contributed by atoms with Gasteiger partial charge >= 0.3 is 0 Å². The Hall–Kier alpha value is -1.39. The smallest absolute Gasteiger partial charge is 0.192 e. The molecule has 0 fully saturated rings. The van der Waals surface area contributed by atoms with Crippen molar-refractivity contribution in [3.05, 3.63) is 29.7 Å². The first-order valence-corrected chi connectivity index (χ1v) is 6.76. The molecule has 2 rings (SSSR count). The zero-order valence-electron chi connectivity index (χ0n) is 12.2. The summed E-state index contributed by atoms with van der Waals surface area (Å²) in [6.45, 7) is 4.84. The molecule has 2 aromatic rings. The van der Waals surface area contributed by atoms with Crippen molar-refractivity contribution in [2.45, 2.75) is 26.3 Å². The van der Waals surface area contributed by atoms with Crippen LogP contribution in [0.4, 0.5) is 0 Å². The van der Waals surface area contributed by atoms with Gasteiger partial charge in [-0.3, -0.25) is 0 Å². The molecule has 0 bridgehead atoms. The number of nitrogens with two attached hydrogens (primary N) is 1. The van der Waals surface area contributed by atoms with Gasteiger partial charge in [-0.25, -0.2) is 4.98 Å². The predicted molar refractivity (Wildman–Crippen MR) is 78.0 cm³/mol. The molecule has 0 spiro atoms. The van der Waals surface area contributed by atoms with Gasteiger partial charge in [0, 0.05) is 13.0 Å². The Morgan fingerprint density at radius 2 is 2.11 bits per heavy atom. The van der Waals surface area contributed by atoms with Gasteiger partial charge in [-0.15, -0.1) is 0 Å². The molecule has 1 heterocycles. The number of benzene rings is 1. The van der Waals surface area contributed by atoms with Crippen LogP contribution in [-0.4, -0.2) is 30.5 Å². The average Bonchev–Trinajstić information content (AvgIpc) is 2.68. The summed E-state index contributed by atoms with van der Waals surface area (Å²) in [7, 11) is 4.21. The van der Waals surface area contributed by atoms with Gasteiger partial charge in [0.2, 0.25) is 0 Å². The first kappa shape index (κ1) is 14.0. The van der Waals surface area contributed by atoms with Crippen molar-refractivity contribution in [2.24, 2.45) is 11.7 Å². The maximum absolute atomic E-state index is 5.69. The van der Waals surface area contributed by atoms with E-state index in [0.29, 0.717) is 17.9 Å². The SMILES string of the molecule is Cc1nc2cc(C(C(C)CCN)N(C)C)ccc2o1. The molecule has 0 aliphatic rings. The zero-order chi connectivity index (χ0) is 14.0. The minimum atomic E-state index is 0.352. The number of aryl methyl sites for hydroxylation is 1. The third-order valence-electron chi connectivity index (χ3n) is 3.58. The van der Waals surface area contributed by atoms with Crippen molar-refractivity contribution in [1.29, 1.82) is 0 Å². The molecule has 2 N–H and O–H groups in total. The van der Waals surface area contributed by atoms with E-state index in [0.717, 1.165) is 24.1 Å². The lowest BCUT2D eigenvalue weighted by atomic mass is 9.91. The van der Waals surface area contributed by atoms with Gasteiger partial charge in [0.05, 0.1) is 0 Å². The van der Waals surface area contributed by atoms with Crippen LogP contribution >= 0.6 is 0 Å². The van der Waals surface area contributed by atoms with Crippen molar-refractivity contribution in [2.75, 3.05) is 20.6 Å². The van der Waals surface area contributed by atoms with Gasteiger partial charge in [-0.05, 0) is 50.7 Å². The molecule has 104 valence electrons. The van der Waals surface area contributed by atoms with Crippen LogP contribution in [0.25, 0.3) is 11.1 Å². The van der Waals surface area contributed by atoms with Crippen LogP contribution in [0.2, 0.25) is 0 Å². The summed E-state index contributed by atoms with van der Waals surface area (Å²) in [6, 6.07) is 6.62. The largest absolute Gasteiger partial charge is 0.441 e. The van der Waals surface area contributed by atoms with Crippen molar-refractivity contribution < 1.29 is 4.42 Å². The van der Waals surface area contributed by atoms with Gasteiger partial charge in [0.15, 0.2) is 11.5 Å². The highest BCUT2D eigenvalue weighted by Gasteiger charge is 2.21. The standard InChI is InChI=1S/C15H23N3O/c1-10(7-8-16)15(18(3)4)12-5-6-14-13(9-12)17-11(2)19-14/h5-6,9-10,15H,7-8,16H2,1-4H3. The topological polar surface area (TPSA) is 55.3 Å². The maximum Gasteiger partial charge on any atom is 0.192 e. The Labute approximate surface area is 114 Å². The molecule has 0 saturated carbocycles. The molecule has 0 amide bonds. The molecule has 0 radical (unpaired) electrons. The monoisotopic (exact) mass is 261 g/mol. The van der Waals surface area contributed by atoms with Crippen LogP contribution in [0.15, 0.2) is 22.6 Å². The summed E-state index contributed by atoms with van der Waals surface area (Å²) in [5, 5.41) is 0. The normalized spacial score (nSPS) is 15.1. The van der Waals surface area contributed by atoms with E-state index in [9.17, 15) is 0 Å². The van der Waals surface area contributed by atoms with Gasteiger partial charge in [-0.2, -0.15) is 0 Å². The lowest BCUT2D eigenvalue weighted by molar-refractivity contribution is 0.217. The molecule has 4 nitrogen and oxygen atoms in total. The van der Waals surface area contributed by atoms with E-state index >= 15 is 0 Å². The van der Waals surface area contributed by atoms with E-state index in [1.54, 1.807) is 0 Å². The number of hydrogen-bond donors (Lipinski definition) is 1. The summed E-state index contributed by atoms with van der Waals surface area (Å²) in [5.41, 5.74) is 8.75. The highest BCUT2D eigenvalue weighted by molar-refractivity contribution is 5.73. The van der Waals surface area contributed by atoms with Gasteiger partial charge in [0.25, 0.3) is 0 Å². The summed E-state index contributed by atoms with van der Waals surface area (Å²) >= 11 is 0.